The lowest BCUT2D eigenvalue weighted by molar-refractivity contribution is 0.797. The summed E-state index contributed by atoms with van der Waals surface area (Å²) in [5.74, 6) is 0. The Kier molecular flexibility index (Phi) is 8.24. The van der Waals surface area contributed by atoms with E-state index >= 15 is 0 Å². The molecule has 16 heavy (non-hydrogen) atoms. The Morgan fingerprint density at radius 3 is 2.38 bits per heavy atom. The standard InChI is InChI=1S/C16H24/c1-6-10-12-15(9-4)13-16(11-7-2)14(5)8-3/h7-9,11,13H,2,4,6,10,12H2,1,3,5H3/b14-8-,15-13-,16-11-. The first-order valence-electron chi connectivity index (χ1n) is 5.98. The molecule has 0 aliphatic heterocycles. The Hall–Kier alpha value is -1.30. The normalized spacial score (nSPS) is 13.8. The van der Waals surface area contributed by atoms with Crippen LogP contribution < -0.4 is 0 Å². The lowest BCUT2D eigenvalue weighted by atomic mass is 10.0. The van der Waals surface area contributed by atoms with Gasteiger partial charge in [0.05, 0.1) is 0 Å². The van der Waals surface area contributed by atoms with Gasteiger partial charge in [0.1, 0.15) is 0 Å². The average Bonchev–Trinajstić information content (AvgIpc) is 2.32. The van der Waals surface area contributed by atoms with Gasteiger partial charge in [-0.1, -0.05) is 56.9 Å². The minimum absolute atomic E-state index is 1.10. The third-order valence-electron chi connectivity index (χ3n) is 2.61. The maximum Gasteiger partial charge on any atom is -0.0228 e. The molecule has 0 saturated heterocycles. The van der Waals surface area contributed by atoms with Crippen LogP contribution in [0.5, 0.6) is 0 Å². The minimum atomic E-state index is 1.10. The SMILES string of the molecule is C=C/C=C(/C=C(/C=C)CCCC)C(\C)=C/C. The van der Waals surface area contributed by atoms with Crippen LogP contribution in [-0.4, -0.2) is 0 Å². The van der Waals surface area contributed by atoms with Gasteiger partial charge in [-0.05, 0) is 43.4 Å². The van der Waals surface area contributed by atoms with Crippen molar-refractivity contribution in [2.45, 2.75) is 40.0 Å². The van der Waals surface area contributed by atoms with E-state index in [2.05, 4.69) is 46.1 Å². The van der Waals surface area contributed by atoms with Crippen molar-refractivity contribution in [3.63, 3.8) is 0 Å². The topological polar surface area (TPSA) is 0 Å². The minimum Gasteiger partial charge on any atom is -0.0990 e. The molecule has 0 aliphatic carbocycles. The highest BCUT2D eigenvalue weighted by Crippen LogP contribution is 2.17. The molecule has 0 nitrogen and oxygen atoms in total. The first-order chi connectivity index (χ1) is 7.69. The van der Waals surface area contributed by atoms with Crippen LogP contribution in [0.1, 0.15) is 40.0 Å². The molecule has 0 aromatic carbocycles. The van der Waals surface area contributed by atoms with Gasteiger partial charge < -0.3 is 0 Å². The lowest BCUT2D eigenvalue weighted by Gasteiger charge is -2.05. The fourth-order valence-electron chi connectivity index (χ4n) is 1.40. The van der Waals surface area contributed by atoms with Crippen molar-refractivity contribution >= 4 is 0 Å². The second-order valence-corrected chi connectivity index (χ2v) is 3.86. The van der Waals surface area contributed by atoms with E-state index < -0.39 is 0 Å². The molecule has 0 atom stereocenters. The third kappa shape index (κ3) is 5.55. The van der Waals surface area contributed by atoms with Crippen LogP contribution in [0.3, 0.4) is 0 Å². The van der Waals surface area contributed by atoms with Crippen molar-refractivity contribution in [1.29, 1.82) is 0 Å². The number of hydrogen-bond donors (Lipinski definition) is 0. The predicted molar refractivity (Wildman–Crippen MR) is 75.5 cm³/mol. The summed E-state index contributed by atoms with van der Waals surface area (Å²) < 4.78 is 0. The van der Waals surface area contributed by atoms with Crippen LogP contribution in [0.2, 0.25) is 0 Å². The van der Waals surface area contributed by atoms with Crippen LogP contribution in [0.15, 0.2) is 60.3 Å². The molecule has 0 radical (unpaired) electrons. The van der Waals surface area contributed by atoms with E-state index in [0.29, 0.717) is 0 Å². The molecule has 88 valence electrons. The number of rotatable bonds is 7. The molecule has 0 amide bonds. The zero-order chi connectivity index (χ0) is 12.4. The lowest BCUT2D eigenvalue weighted by Crippen LogP contribution is -1.85. The van der Waals surface area contributed by atoms with Crippen LogP contribution in [-0.2, 0) is 0 Å². The molecular weight excluding hydrogens is 192 g/mol. The average molecular weight is 216 g/mol. The summed E-state index contributed by atoms with van der Waals surface area (Å²) in [7, 11) is 0. The summed E-state index contributed by atoms with van der Waals surface area (Å²) >= 11 is 0. The monoisotopic (exact) mass is 216 g/mol. The first-order valence-corrected chi connectivity index (χ1v) is 5.98. The summed E-state index contributed by atoms with van der Waals surface area (Å²) in [5, 5.41) is 0. The molecular formula is C16H24. The Balaban J connectivity index is 4.93. The largest absolute Gasteiger partial charge is 0.0990 e. The number of unbranched alkanes of at least 4 members (excludes halogenated alkanes) is 1. The van der Waals surface area contributed by atoms with Crippen molar-refractivity contribution in [1.82, 2.24) is 0 Å². The van der Waals surface area contributed by atoms with E-state index in [4.69, 9.17) is 0 Å². The predicted octanol–water partition coefficient (Wildman–Crippen LogP) is 5.37. The van der Waals surface area contributed by atoms with Gasteiger partial charge in [0.15, 0.2) is 0 Å². The van der Waals surface area contributed by atoms with Gasteiger partial charge in [-0.2, -0.15) is 0 Å². The maximum atomic E-state index is 3.87. The number of hydrogen-bond acceptors (Lipinski definition) is 0. The molecule has 0 aliphatic rings. The van der Waals surface area contributed by atoms with Crippen LogP contribution >= 0.6 is 0 Å². The van der Waals surface area contributed by atoms with Crippen molar-refractivity contribution in [2.75, 3.05) is 0 Å². The molecule has 0 saturated carbocycles. The molecule has 0 N–H and O–H groups in total. The number of allylic oxidation sites excluding steroid dienone is 8. The fraction of sp³-hybridized carbons (Fsp3) is 0.375. The van der Waals surface area contributed by atoms with Crippen LogP contribution in [0, 0.1) is 0 Å². The van der Waals surface area contributed by atoms with Crippen LogP contribution in [0.25, 0.3) is 0 Å². The van der Waals surface area contributed by atoms with Crippen molar-refractivity contribution in [3.05, 3.63) is 60.3 Å². The highest BCUT2D eigenvalue weighted by Gasteiger charge is 1.97. The highest BCUT2D eigenvalue weighted by molar-refractivity contribution is 5.43. The quantitative estimate of drug-likeness (QED) is 0.502. The van der Waals surface area contributed by atoms with Crippen molar-refractivity contribution in [3.8, 4) is 0 Å². The molecule has 0 aromatic rings. The summed E-state index contributed by atoms with van der Waals surface area (Å²) in [6.45, 7) is 14.0. The Bertz CT molecular complexity index is 311. The second-order valence-electron chi connectivity index (χ2n) is 3.86. The smallest absolute Gasteiger partial charge is 0.0228 e. The van der Waals surface area contributed by atoms with Gasteiger partial charge in [0.25, 0.3) is 0 Å². The molecule has 0 aromatic heterocycles. The molecule has 0 unspecified atom stereocenters. The van der Waals surface area contributed by atoms with Gasteiger partial charge in [-0.25, -0.2) is 0 Å². The summed E-state index contributed by atoms with van der Waals surface area (Å²) in [6.07, 6.45) is 13.7. The van der Waals surface area contributed by atoms with E-state index in [-0.39, 0.29) is 0 Å². The summed E-state index contributed by atoms with van der Waals surface area (Å²) in [6, 6.07) is 0. The van der Waals surface area contributed by atoms with E-state index in [1.807, 2.05) is 18.2 Å². The zero-order valence-electron chi connectivity index (χ0n) is 10.9. The van der Waals surface area contributed by atoms with Gasteiger partial charge >= 0.3 is 0 Å². The molecule has 0 spiro atoms. The fourth-order valence-corrected chi connectivity index (χ4v) is 1.40. The first kappa shape index (κ1) is 14.7. The summed E-state index contributed by atoms with van der Waals surface area (Å²) in [5.41, 5.74) is 3.80. The van der Waals surface area contributed by atoms with E-state index in [1.165, 1.54) is 29.6 Å². The van der Waals surface area contributed by atoms with Gasteiger partial charge in [-0.3, -0.25) is 0 Å². The maximum absolute atomic E-state index is 3.87. The van der Waals surface area contributed by atoms with E-state index in [9.17, 15) is 0 Å². The second kappa shape index (κ2) is 8.96. The van der Waals surface area contributed by atoms with Gasteiger partial charge in [0.2, 0.25) is 0 Å². The van der Waals surface area contributed by atoms with Crippen LogP contribution in [0.4, 0.5) is 0 Å². The third-order valence-corrected chi connectivity index (χ3v) is 2.61. The van der Waals surface area contributed by atoms with E-state index in [1.54, 1.807) is 0 Å². The Labute approximate surface area is 101 Å². The van der Waals surface area contributed by atoms with E-state index in [0.717, 1.165) is 6.42 Å². The highest BCUT2D eigenvalue weighted by atomic mass is 14.0. The van der Waals surface area contributed by atoms with Crippen molar-refractivity contribution < 1.29 is 0 Å². The van der Waals surface area contributed by atoms with Gasteiger partial charge in [0, 0.05) is 0 Å². The Morgan fingerprint density at radius 2 is 1.94 bits per heavy atom. The molecule has 0 bridgehead atoms. The molecule has 0 heterocycles. The zero-order valence-corrected chi connectivity index (χ0v) is 10.9. The Morgan fingerprint density at radius 1 is 1.25 bits per heavy atom. The van der Waals surface area contributed by atoms with Crippen molar-refractivity contribution in [2.24, 2.45) is 0 Å². The molecule has 0 fully saturated rings. The molecule has 0 heteroatoms. The van der Waals surface area contributed by atoms with Gasteiger partial charge in [-0.15, -0.1) is 0 Å². The molecule has 0 rings (SSSR count). The summed E-state index contributed by atoms with van der Waals surface area (Å²) in [4.78, 5) is 0.